The molecule has 84 valence electrons. The summed E-state index contributed by atoms with van der Waals surface area (Å²) in [6.45, 7) is 0. The summed E-state index contributed by atoms with van der Waals surface area (Å²) in [7, 11) is 0. The van der Waals surface area contributed by atoms with E-state index in [0.29, 0.717) is 12.3 Å². The molecule has 1 unspecified atom stereocenters. The fourth-order valence-electron chi connectivity index (χ4n) is 1.89. The summed E-state index contributed by atoms with van der Waals surface area (Å²) in [5, 5.41) is 0. The molecule has 3 rings (SSSR count). The van der Waals surface area contributed by atoms with Gasteiger partial charge in [-0.2, -0.15) is 0 Å². The van der Waals surface area contributed by atoms with E-state index >= 15 is 0 Å². The molecule has 0 fully saturated rings. The Morgan fingerprint density at radius 3 is 2.71 bits per heavy atom. The van der Waals surface area contributed by atoms with E-state index in [1.807, 2.05) is 30.3 Å². The molecule has 0 amide bonds. The van der Waals surface area contributed by atoms with Crippen molar-refractivity contribution >= 4 is 24.2 Å². The standard InChI is InChI=1S/C12H11N5/c13-12-10(6-9-4-2-1-3-5-9)14-7-15-11(12)16-8-17-12/h1-5,7-8H,6,13H2. The maximum absolute atomic E-state index is 6.18. The van der Waals surface area contributed by atoms with E-state index in [2.05, 4.69) is 20.0 Å². The zero-order valence-electron chi connectivity index (χ0n) is 9.11. The van der Waals surface area contributed by atoms with Crippen LogP contribution in [-0.4, -0.2) is 29.9 Å². The highest BCUT2D eigenvalue weighted by Crippen LogP contribution is 2.20. The Morgan fingerprint density at radius 1 is 1.06 bits per heavy atom. The van der Waals surface area contributed by atoms with Gasteiger partial charge in [-0.1, -0.05) is 30.3 Å². The van der Waals surface area contributed by atoms with E-state index in [-0.39, 0.29) is 0 Å². The first-order valence-corrected chi connectivity index (χ1v) is 5.33. The largest absolute Gasteiger partial charge is 0.296 e. The summed E-state index contributed by atoms with van der Waals surface area (Å²) < 4.78 is 0. The van der Waals surface area contributed by atoms with Crippen LogP contribution < -0.4 is 5.73 Å². The lowest BCUT2D eigenvalue weighted by molar-refractivity contribution is 0.780. The second kappa shape index (κ2) is 3.71. The van der Waals surface area contributed by atoms with Crippen LogP contribution >= 0.6 is 0 Å². The minimum absolute atomic E-state index is 0.512. The Balaban J connectivity index is 1.94. The van der Waals surface area contributed by atoms with Crippen LogP contribution in [0.5, 0.6) is 0 Å². The SMILES string of the molecule is NC12N=CN=C1N=CN=C2Cc1ccccc1. The van der Waals surface area contributed by atoms with Crippen LogP contribution in [0.25, 0.3) is 0 Å². The van der Waals surface area contributed by atoms with Crippen molar-refractivity contribution in [3.8, 4) is 0 Å². The van der Waals surface area contributed by atoms with Gasteiger partial charge in [0.05, 0.1) is 5.71 Å². The van der Waals surface area contributed by atoms with Crippen molar-refractivity contribution in [1.29, 1.82) is 0 Å². The molecular weight excluding hydrogens is 214 g/mol. The zero-order chi connectivity index (χ0) is 11.7. The summed E-state index contributed by atoms with van der Waals surface area (Å²) in [6.07, 6.45) is 3.58. The zero-order valence-corrected chi connectivity index (χ0v) is 9.11. The molecule has 1 aromatic rings. The number of nitrogens with zero attached hydrogens (tertiary/aromatic N) is 4. The number of amidine groups is 1. The predicted octanol–water partition coefficient (Wildman–Crippen LogP) is 0.807. The average Bonchev–Trinajstić information content (AvgIpc) is 2.74. The quantitative estimate of drug-likeness (QED) is 0.794. The van der Waals surface area contributed by atoms with Crippen LogP contribution in [0.15, 0.2) is 50.3 Å². The Labute approximate surface area is 98.5 Å². The van der Waals surface area contributed by atoms with Crippen molar-refractivity contribution in [2.45, 2.75) is 12.1 Å². The van der Waals surface area contributed by atoms with E-state index in [0.717, 1.165) is 11.3 Å². The number of hydrogen-bond acceptors (Lipinski definition) is 5. The molecule has 0 saturated carbocycles. The molecule has 0 spiro atoms. The second-order valence-corrected chi connectivity index (χ2v) is 3.95. The highest BCUT2D eigenvalue weighted by Gasteiger charge is 2.40. The molecule has 2 N–H and O–H groups in total. The van der Waals surface area contributed by atoms with Crippen molar-refractivity contribution in [3.63, 3.8) is 0 Å². The Hall–Kier alpha value is -2.14. The maximum atomic E-state index is 6.18. The van der Waals surface area contributed by atoms with Gasteiger partial charge in [0.2, 0.25) is 5.66 Å². The number of nitrogens with two attached hydrogens (primary N) is 1. The van der Waals surface area contributed by atoms with Crippen LogP contribution in [0, 0.1) is 0 Å². The number of benzene rings is 1. The fourth-order valence-corrected chi connectivity index (χ4v) is 1.89. The van der Waals surface area contributed by atoms with Gasteiger partial charge in [-0.15, -0.1) is 0 Å². The number of hydrogen-bond donors (Lipinski definition) is 1. The van der Waals surface area contributed by atoms with Crippen LogP contribution in [0.1, 0.15) is 5.56 Å². The van der Waals surface area contributed by atoms with Crippen molar-refractivity contribution in [2.24, 2.45) is 25.7 Å². The van der Waals surface area contributed by atoms with Gasteiger partial charge in [0, 0.05) is 6.42 Å². The Kier molecular flexibility index (Phi) is 2.19. The summed E-state index contributed by atoms with van der Waals surface area (Å²) >= 11 is 0. The molecule has 17 heavy (non-hydrogen) atoms. The van der Waals surface area contributed by atoms with Crippen molar-refractivity contribution in [1.82, 2.24) is 0 Å². The minimum atomic E-state index is -0.968. The van der Waals surface area contributed by atoms with Crippen LogP contribution in [0.3, 0.4) is 0 Å². The van der Waals surface area contributed by atoms with Crippen LogP contribution in [0.4, 0.5) is 0 Å². The van der Waals surface area contributed by atoms with E-state index < -0.39 is 5.66 Å². The van der Waals surface area contributed by atoms with E-state index in [4.69, 9.17) is 5.73 Å². The van der Waals surface area contributed by atoms with E-state index in [9.17, 15) is 0 Å². The second-order valence-electron chi connectivity index (χ2n) is 3.95. The van der Waals surface area contributed by atoms with Gasteiger partial charge in [-0.3, -0.25) is 5.73 Å². The highest BCUT2D eigenvalue weighted by molar-refractivity contribution is 6.24. The van der Waals surface area contributed by atoms with Gasteiger partial charge in [-0.05, 0) is 5.56 Å². The molecular formula is C12H11N5. The topological polar surface area (TPSA) is 75.5 Å². The lowest BCUT2D eigenvalue weighted by Crippen LogP contribution is -2.53. The predicted molar refractivity (Wildman–Crippen MR) is 68.9 cm³/mol. The molecule has 0 bridgehead atoms. The third kappa shape index (κ3) is 1.60. The van der Waals surface area contributed by atoms with Gasteiger partial charge in [0.25, 0.3) is 0 Å². The monoisotopic (exact) mass is 225 g/mol. The van der Waals surface area contributed by atoms with Crippen molar-refractivity contribution in [2.75, 3.05) is 0 Å². The third-order valence-corrected chi connectivity index (χ3v) is 2.83. The molecule has 1 atom stereocenters. The van der Waals surface area contributed by atoms with Gasteiger partial charge >= 0.3 is 0 Å². The molecule has 2 heterocycles. The van der Waals surface area contributed by atoms with E-state index in [1.54, 1.807) is 0 Å². The molecule has 0 radical (unpaired) electrons. The van der Waals surface area contributed by atoms with Gasteiger partial charge in [0.15, 0.2) is 5.84 Å². The molecule has 0 saturated heterocycles. The maximum Gasteiger partial charge on any atom is 0.209 e. The summed E-state index contributed by atoms with van der Waals surface area (Å²) in [4.78, 5) is 16.5. The average molecular weight is 225 g/mol. The number of aliphatic imine (C=N–C) groups is 4. The number of fused-ring (bicyclic) bond motifs is 1. The van der Waals surface area contributed by atoms with Gasteiger partial charge < -0.3 is 0 Å². The van der Waals surface area contributed by atoms with Crippen molar-refractivity contribution < 1.29 is 0 Å². The first-order chi connectivity index (χ1) is 8.29. The molecule has 2 aliphatic heterocycles. The fraction of sp³-hybridized carbons (Fsp3) is 0.167. The van der Waals surface area contributed by atoms with Crippen LogP contribution in [-0.2, 0) is 6.42 Å². The molecule has 5 nitrogen and oxygen atoms in total. The lowest BCUT2D eigenvalue weighted by Gasteiger charge is -2.24. The summed E-state index contributed by atoms with van der Waals surface area (Å²) in [6, 6.07) is 10.0. The highest BCUT2D eigenvalue weighted by atomic mass is 15.2. The summed E-state index contributed by atoms with van der Waals surface area (Å²) in [5.41, 5.74) is 7.13. The minimum Gasteiger partial charge on any atom is -0.296 e. The molecule has 1 aromatic carbocycles. The van der Waals surface area contributed by atoms with Crippen LogP contribution in [0.2, 0.25) is 0 Å². The first-order valence-electron chi connectivity index (χ1n) is 5.33. The molecule has 2 aliphatic rings. The number of rotatable bonds is 2. The first kappa shape index (κ1) is 10.0. The Morgan fingerprint density at radius 2 is 1.88 bits per heavy atom. The van der Waals surface area contributed by atoms with Gasteiger partial charge in [0.1, 0.15) is 12.7 Å². The molecule has 0 aliphatic carbocycles. The smallest absolute Gasteiger partial charge is 0.209 e. The lowest BCUT2D eigenvalue weighted by atomic mass is 9.97. The van der Waals surface area contributed by atoms with E-state index in [1.165, 1.54) is 12.7 Å². The van der Waals surface area contributed by atoms with Crippen molar-refractivity contribution in [3.05, 3.63) is 35.9 Å². The Bertz CT molecular complexity index is 556. The molecule has 5 heteroatoms. The molecule has 0 aromatic heterocycles. The van der Waals surface area contributed by atoms with Gasteiger partial charge in [-0.25, -0.2) is 20.0 Å². The summed E-state index contributed by atoms with van der Waals surface area (Å²) in [5.74, 6) is 0.512. The normalized spacial score (nSPS) is 25.5. The third-order valence-electron chi connectivity index (χ3n) is 2.83.